The normalized spacial score (nSPS) is 15.5. The number of aromatic hydroxyl groups is 1. The minimum Gasteiger partial charge on any atom is -0.502 e. The maximum Gasteiger partial charge on any atom is 0.293 e. The average Bonchev–Trinajstić information content (AvgIpc) is 2.95. The second-order valence-corrected chi connectivity index (χ2v) is 6.84. The summed E-state index contributed by atoms with van der Waals surface area (Å²) >= 11 is 0.897. The quantitative estimate of drug-likeness (QED) is 0.765. The summed E-state index contributed by atoms with van der Waals surface area (Å²) in [7, 11) is 2.85. The third kappa shape index (κ3) is 4.09. The summed E-state index contributed by atoms with van der Waals surface area (Å²) in [6.45, 7) is 0.328. The molecule has 1 aliphatic heterocycles. The third-order valence-corrected chi connectivity index (χ3v) is 5.05. The first-order valence-electron chi connectivity index (χ1n) is 8.27. The van der Waals surface area contributed by atoms with Crippen LogP contribution >= 0.6 is 11.8 Å². The highest BCUT2D eigenvalue weighted by molar-refractivity contribution is 8.18. The summed E-state index contributed by atoms with van der Waals surface area (Å²) in [4.78, 5) is 26.4. The Labute approximate surface area is 161 Å². The number of phenolic OH excluding ortho intramolecular Hbond substituents is 1. The number of imide groups is 1. The molecular weight excluding hydrogens is 366 g/mol. The smallest absolute Gasteiger partial charge is 0.293 e. The summed E-state index contributed by atoms with van der Waals surface area (Å²) in [6.07, 6.45) is 2.20. The fourth-order valence-corrected chi connectivity index (χ4v) is 3.59. The molecule has 7 heteroatoms. The molecule has 0 aromatic heterocycles. The standard InChI is InChI=1S/C20H19NO5S/c1-25-15-10-14(11-16(26-2)18(15)22)12-17-19(23)21(20(24)27-17)9-8-13-6-4-3-5-7-13/h3-7,10-12,22H,8-9H2,1-2H3/b17-12-. The molecule has 2 aromatic carbocycles. The van der Waals surface area contributed by atoms with Crippen LogP contribution in [0.5, 0.6) is 17.2 Å². The van der Waals surface area contributed by atoms with Crippen molar-refractivity contribution >= 4 is 29.0 Å². The Morgan fingerprint density at radius 3 is 2.30 bits per heavy atom. The largest absolute Gasteiger partial charge is 0.502 e. The molecule has 1 heterocycles. The number of hydrogen-bond acceptors (Lipinski definition) is 6. The van der Waals surface area contributed by atoms with E-state index in [9.17, 15) is 14.7 Å². The number of ether oxygens (including phenoxy) is 2. The van der Waals surface area contributed by atoms with Crippen LogP contribution < -0.4 is 9.47 Å². The summed E-state index contributed by atoms with van der Waals surface area (Å²) in [5.41, 5.74) is 1.66. The highest BCUT2D eigenvalue weighted by Gasteiger charge is 2.34. The van der Waals surface area contributed by atoms with Crippen molar-refractivity contribution in [1.82, 2.24) is 4.90 Å². The summed E-state index contributed by atoms with van der Waals surface area (Å²) in [5, 5.41) is 9.69. The number of phenols is 1. The van der Waals surface area contributed by atoms with Crippen molar-refractivity contribution in [2.24, 2.45) is 0 Å². The maximum atomic E-state index is 12.6. The van der Waals surface area contributed by atoms with E-state index in [0.717, 1.165) is 17.3 Å². The number of nitrogens with zero attached hydrogens (tertiary/aromatic N) is 1. The van der Waals surface area contributed by atoms with E-state index in [0.29, 0.717) is 23.4 Å². The first kappa shape index (κ1) is 18.8. The zero-order chi connectivity index (χ0) is 19.4. The molecule has 27 heavy (non-hydrogen) atoms. The molecule has 0 spiro atoms. The minimum atomic E-state index is -0.327. The molecule has 0 radical (unpaired) electrons. The molecule has 6 nitrogen and oxygen atoms in total. The van der Waals surface area contributed by atoms with E-state index < -0.39 is 0 Å². The van der Waals surface area contributed by atoms with Gasteiger partial charge < -0.3 is 14.6 Å². The van der Waals surface area contributed by atoms with Crippen LogP contribution in [-0.4, -0.2) is 41.9 Å². The average molecular weight is 385 g/mol. The fraction of sp³-hybridized carbons (Fsp3) is 0.200. The van der Waals surface area contributed by atoms with Crippen molar-refractivity contribution in [2.75, 3.05) is 20.8 Å². The molecule has 0 bridgehead atoms. The molecule has 1 N–H and O–H groups in total. The van der Waals surface area contributed by atoms with Crippen LogP contribution in [0.3, 0.4) is 0 Å². The highest BCUT2D eigenvalue weighted by Crippen LogP contribution is 2.39. The number of carbonyl (C=O) groups is 2. The lowest BCUT2D eigenvalue weighted by atomic mass is 10.1. The first-order valence-corrected chi connectivity index (χ1v) is 9.09. The van der Waals surface area contributed by atoms with E-state index in [-0.39, 0.29) is 28.4 Å². The van der Waals surface area contributed by atoms with E-state index >= 15 is 0 Å². The Balaban J connectivity index is 1.80. The van der Waals surface area contributed by atoms with E-state index in [1.54, 1.807) is 18.2 Å². The molecule has 1 saturated heterocycles. The molecule has 2 amide bonds. The van der Waals surface area contributed by atoms with Crippen LogP contribution in [0.2, 0.25) is 0 Å². The second-order valence-electron chi connectivity index (χ2n) is 5.84. The predicted molar refractivity (Wildman–Crippen MR) is 104 cm³/mol. The van der Waals surface area contributed by atoms with Crippen LogP contribution in [0.15, 0.2) is 47.4 Å². The van der Waals surface area contributed by atoms with E-state index in [1.807, 2.05) is 30.3 Å². The Morgan fingerprint density at radius 2 is 1.70 bits per heavy atom. The number of methoxy groups -OCH3 is 2. The van der Waals surface area contributed by atoms with Crippen LogP contribution in [0, 0.1) is 0 Å². The van der Waals surface area contributed by atoms with E-state index in [4.69, 9.17) is 9.47 Å². The van der Waals surface area contributed by atoms with Gasteiger partial charge in [-0.25, -0.2) is 0 Å². The van der Waals surface area contributed by atoms with Crippen molar-refractivity contribution in [3.8, 4) is 17.2 Å². The molecular formula is C20H19NO5S. The number of benzene rings is 2. The van der Waals surface area contributed by atoms with Crippen LogP contribution in [0.25, 0.3) is 6.08 Å². The molecule has 3 rings (SSSR count). The zero-order valence-corrected chi connectivity index (χ0v) is 15.8. The van der Waals surface area contributed by atoms with Gasteiger partial charge in [0.2, 0.25) is 5.75 Å². The van der Waals surface area contributed by atoms with Gasteiger partial charge in [-0.3, -0.25) is 14.5 Å². The van der Waals surface area contributed by atoms with Gasteiger partial charge in [-0.15, -0.1) is 0 Å². The molecule has 0 atom stereocenters. The highest BCUT2D eigenvalue weighted by atomic mass is 32.2. The molecule has 140 valence electrons. The van der Waals surface area contributed by atoms with Gasteiger partial charge in [0.1, 0.15) is 0 Å². The molecule has 1 aliphatic rings. The van der Waals surface area contributed by atoms with Crippen molar-refractivity contribution in [2.45, 2.75) is 6.42 Å². The number of rotatable bonds is 6. The third-order valence-electron chi connectivity index (χ3n) is 4.14. The Hall–Kier alpha value is -2.93. The first-order chi connectivity index (χ1) is 13.0. The number of hydrogen-bond donors (Lipinski definition) is 1. The van der Waals surface area contributed by atoms with E-state index in [2.05, 4.69) is 0 Å². The number of carbonyl (C=O) groups excluding carboxylic acids is 2. The van der Waals surface area contributed by atoms with Crippen molar-refractivity contribution in [3.05, 3.63) is 58.5 Å². The van der Waals surface area contributed by atoms with Crippen LogP contribution in [0.1, 0.15) is 11.1 Å². The predicted octanol–water partition coefficient (Wildman–Crippen LogP) is 3.69. The maximum absolute atomic E-state index is 12.6. The molecule has 2 aromatic rings. The second kappa shape index (κ2) is 8.18. The van der Waals surface area contributed by atoms with Gasteiger partial charge in [-0.2, -0.15) is 0 Å². The van der Waals surface area contributed by atoms with Gasteiger partial charge in [-0.1, -0.05) is 30.3 Å². The van der Waals surface area contributed by atoms with Gasteiger partial charge in [-0.05, 0) is 47.5 Å². The van der Waals surface area contributed by atoms with Gasteiger partial charge in [0.05, 0.1) is 19.1 Å². The van der Waals surface area contributed by atoms with Crippen molar-refractivity contribution in [1.29, 1.82) is 0 Å². The SMILES string of the molecule is COc1cc(/C=C2\SC(=O)N(CCc3ccccc3)C2=O)cc(OC)c1O. The van der Waals surface area contributed by atoms with Gasteiger partial charge in [0.25, 0.3) is 11.1 Å². The fourth-order valence-electron chi connectivity index (χ4n) is 2.73. The van der Waals surface area contributed by atoms with Crippen molar-refractivity contribution < 1.29 is 24.2 Å². The van der Waals surface area contributed by atoms with Gasteiger partial charge in [0.15, 0.2) is 11.5 Å². The van der Waals surface area contributed by atoms with Gasteiger partial charge >= 0.3 is 0 Å². The zero-order valence-electron chi connectivity index (χ0n) is 15.0. The van der Waals surface area contributed by atoms with Crippen LogP contribution in [-0.2, 0) is 11.2 Å². The summed E-state index contributed by atoms with van der Waals surface area (Å²) in [5.74, 6) is 0.00728. The van der Waals surface area contributed by atoms with E-state index in [1.165, 1.54) is 19.1 Å². The lowest BCUT2D eigenvalue weighted by molar-refractivity contribution is -0.122. The molecule has 1 fully saturated rings. The minimum absolute atomic E-state index is 0.117. The molecule has 0 unspecified atom stereocenters. The molecule has 0 aliphatic carbocycles. The summed E-state index contributed by atoms with van der Waals surface area (Å²) in [6, 6.07) is 12.9. The number of amides is 2. The monoisotopic (exact) mass is 385 g/mol. The lowest BCUT2D eigenvalue weighted by Crippen LogP contribution is -2.30. The van der Waals surface area contributed by atoms with Crippen LogP contribution in [0.4, 0.5) is 4.79 Å². The Bertz CT molecular complexity index is 869. The molecule has 0 saturated carbocycles. The van der Waals surface area contributed by atoms with Gasteiger partial charge in [0, 0.05) is 6.54 Å². The summed E-state index contributed by atoms with van der Waals surface area (Å²) < 4.78 is 10.2. The topological polar surface area (TPSA) is 76.1 Å². The lowest BCUT2D eigenvalue weighted by Gasteiger charge is -2.12. The number of thioether (sulfide) groups is 1. The van der Waals surface area contributed by atoms with Crippen molar-refractivity contribution in [3.63, 3.8) is 0 Å². The Kier molecular flexibility index (Phi) is 5.71. The Morgan fingerprint density at radius 1 is 1.07 bits per heavy atom.